The lowest BCUT2D eigenvalue weighted by Crippen LogP contribution is -2.31. The van der Waals surface area contributed by atoms with E-state index in [0.717, 1.165) is 22.0 Å². The number of ether oxygens (including phenoxy) is 2. The number of carbonyl (C=O) groups excluding carboxylic acids is 1. The Labute approximate surface area is 191 Å². The van der Waals surface area contributed by atoms with Crippen molar-refractivity contribution in [2.75, 3.05) is 20.8 Å². The first-order chi connectivity index (χ1) is 16.0. The molecule has 6 nitrogen and oxygen atoms in total. The highest BCUT2D eigenvalue weighted by Crippen LogP contribution is 2.33. The number of aromatic nitrogens is 1. The maximum absolute atomic E-state index is 14.3. The van der Waals surface area contributed by atoms with Crippen LogP contribution in [0.2, 0.25) is 0 Å². The highest BCUT2D eigenvalue weighted by Gasteiger charge is 2.22. The number of amides is 1. The van der Waals surface area contributed by atoms with Crippen LogP contribution in [0.4, 0.5) is 4.39 Å². The number of benzene rings is 3. The molecular formula is C26H25FN2O4. The van der Waals surface area contributed by atoms with Crippen molar-refractivity contribution in [3.05, 3.63) is 83.3 Å². The molecule has 0 bridgehead atoms. The van der Waals surface area contributed by atoms with Crippen molar-refractivity contribution in [3.8, 4) is 22.6 Å². The number of aliphatic hydroxyl groups is 1. The molecule has 0 spiro atoms. The molecule has 4 rings (SSSR count). The minimum Gasteiger partial charge on any atom is -0.496 e. The van der Waals surface area contributed by atoms with Crippen molar-refractivity contribution >= 4 is 16.8 Å². The van der Waals surface area contributed by atoms with Crippen LogP contribution in [0.3, 0.4) is 0 Å². The molecule has 3 aromatic carbocycles. The van der Waals surface area contributed by atoms with Gasteiger partial charge in [0.25, 0.3) is 5.91 Å². The topological polar surface area (TPSA) is 83.6 Å². The predicted octanol–water partition coefficient (Wildman–Crippen LogP) is 4.76. The number of hydrogen-bond acceptors (Lipinski definition) is 4. The van der Waals surface area contributed by atoms with Crippen molar-refractivity contribution in [3.63, 3.8) is 0 Å². The van der Waals surface area contributed by atoms with Gasteiger partial charge in [-0.15, -0.1) is 0 Å². The van der Waals surface area contributed by atoms with E-state index in [9.17, 15) is 14.3 Å². The predicted molar refractivity (Wildman–Crippen MR) is 125 cm³/mol. The molecule has 1 amide bonds. The van der Waals surface area contributed by atoms with Gasteiger partial charge in [0.1, 0.15) is 5.75 Å². The van der Waals surface area contributed by atoms with Gasteiger partial charge >= 0.3 is 0 Å². The summed E-state index contributed by atoms with van der Waals surface area (Å²) in [5, 5.41) is 13.9. The number of hydrogen-bond donors (Lipinski definition) is 3. The minimum absolute atomic E-state index is 0.145. The zero-order valence-electron chi connectivity index (χ0n) is 18.6. The third-order valence-electron chi connectivity index (χ3n) is 5.69. The normalized spacial score (nSPS) is 11.9. The van der Waals surface area contributed by atoms with Crippen LogP contribution in [0.1, 0.15) is 27.5 Å². The standard InChI is InChI=1S/C26H25FN2O4/c1-15-10-17(16-8-9-24(32-2)21(27)12-16)11-19(25(15)33-3)26(31)29-23(14-30)20-13-28-22-7-5-4-6-18(20)22/h4-13,23,28,30H,14H2,1-3H3,(H,29,31)/t23-/m0/s1. The van der Waals surface area contributed by atoms with E-state index in [0.29, 0.717) is 22.4 Å². The zero-order valence-corrected chi connectivity index (χ0v) is 18.6. The molecule has 0 saturated carbocycles. The lowest BCUT2D eigenvalue weighted by Gasteiger charge is -2.19. The number of aliphatic hydroxyl groups excluding tert-OH is 1. The van der Waals surface area contributed by atoms with Crippen molar-refractivity contribution < 1.29 is 23.8 Å². The van der Waals surface area contributed by atoms with Crippen molar-refractivity contribution in [2.24, 2.45) is 0 Å². The molecule has 170 valence electrons. The first kappa shape index (κ1) is 22.4. The second-order valence-electron chi connectivity index (χ2n) is 7.72. The van der Waals surface area contributed by atoms with E-state index in [-0.39, 0.29) is 12.4 Å². The monoisotopic (exact) mass is 448 g/mol. The third-order valence-corrected chi connectivity index (χ3v) is 5.69. The second kappa shape index (κ2) is 9.34. The van der Waals surface area contributed by atoms with Crippen LogP contribution in [0.25, 0.3) is 22.0 Å². The number of aryl methyl sites for hydroxylation is 1. The molecule has 33 heavy (non-hydrogen) atoms. The average Bonchev–Trinajstić information content (AvgIpc) is 3.25. The Morgan fingerprint density at radius 1 is 1.09 bits per heavy atom. The summed E-state index contributed by atoms with van der Waals surface area (Å²) in [6.07, 6.45) is 1.78. The largest absolute Gasteiger partial charge is 0.496 e. The van der Waals surface area contributed by atoms with Crippen LogP contribution in [-0.2, 0) is 0 Å². The molecule has 0 saturated heterocycles. The molecule has 0 radical (unpaired) electrons. The number of aromatic amines is 1. The van der Waals surface area contributed by atoms with Gasteiger partial charge in [-0.2, -0.15) is 0 Å². The first-order valence-electron chi connectivity index (χ1n) is 10.5. The molecule has 1 atom stereocenters. The number of para-hydroxylation sites is 1. The van der Waals surface area contributed by atoms with Gasteiger partial charge < -0.3 is 24.9 Å². The number of fused-ring (bicyclic) bond motifs is 1. The molecule has 4 aromatic rings. The van der Waals surface area contributed by atoms with Gasteiger partial charge in [0.2, 0.25) is 0 Å². The van der Waals surface area contributed by atoms with Crippen LogP contribution < -0.4 is 14.8 Å². The second-order valence-corrected chi connectivity index (χ2v) is 7.72. The SMILES string of the molecule is COc1ccc(-c2cc(C)c(OC)c(C(=O)N[C@@H](CO)c3c[nH]c4ccccc34)c2)cc1F. The summed E-state index contributed by atoms with van der Waals surface area (Å²) in [6, 6.07) is 15.2. The number of methoxy groups -OCH3 is 2. The summed E-state index contributed by atoms with van der Waals surface area (Å²) in [6.45, 7) is 1.54. The minimum atomic E-state index is -0.624. The van der Waals surface area contributed by atoms with Crippen molar-refractivity contribution in [1.82, 2.24) is 10.3 Å². The zero-order chi connectivity index (χ0) is 23.5. The van der Waals surface area contributed by atoms with Crippen LogP contribution in [-0.4, -0.2) is 36.8 Å². The fourth-order valence-corrected chi connectivity index (χ4v) is 4.07. The number of rotatable bonds is 7. The molecule has 1 aromatic heterocycles. The fraction of sp³-hybridized carbons (Fsp3) is 0.192. The van der Waals surface area contributed by atoms with Gasteiger partial charge in [0.05, 0.1) is 32.4 Å². The molecule has 3 N–H and O–H groups in total. The summed E-state index contributed by atoms with van der Waals surface area (Å²) in [4.78, 5) is 16.5. The first-order valence-corrected chi connectivity index (χ1v) is 10.5. The number of carbonyl (C=O) groups is 1. The van der Waals surface area contributed by atoms with E-state index in [2.05, 4.69) is 10.3 Å². The van der Waals surface area contributed by atoms with Gasteiger partial charge in [-0.3, -0.25) is 4.79 Å². The molecule has 1 heterocycles. The van der Waals surface area contributed by atoms with E-state index in [4.69, 9.17) is 9.47 Å². The van der Waals surface area contributed by atoms with Crippen LogP contribution in [0.5, 0.6) is 11.5 Å². The Hall–Kier alpha value is -3.84. The molecule has 7 heteroatoms. The Morgan fingerprint density at radius 3 is 2.58 bits per heavy atom. The highest BCUT2D eigenvalue weighted by molar-refractivity contribution is 5.99. The number of H-pyrrole nitrogens is 1. The van der Waals surface area contributed by atoms with E-state index < -0.39 is 17.8 Å². The molecule has 0 fully saturated rings. The highest BCUT2D eigenvalue weighted by atomic mass is 19.1. The fourth-order valence-electron chi connectivity index (χ4n) is 4.07. The number of halogens is 1. The van der Waals surface area contributed by atoms with Gasteiger partial charge in [-0.1, -0.05) is 24.3 Å². The van der Waals surface area contributed by atoms with Crippen molar-refractivity contribution in [2.45, 2.75) is 13.0 Å². The third kappa shape index (κ3) is 4.27. The molecular weight excluding hydrogens is 423 g/mol. The van der Waals surface area contributed by atoms with Gasteiger partial charge in [-0.05, 0) is 53.9 Å². The lowest BCUT2D eigenvalue weighted by atomic mass is 9.98. The summed E-state index contributed by atoms with van der Waals surface area (Å²) in [5.74, 6) is -0.336. The number of nitrogens with one attached hydrogen (secondary N) is 2. The van der Waals surface area contributed by atoms with Gasteiger partial charge in [-0.25, -0.2) is 4.39 Å². The van der Waals surface area contributed by atoms with E-state index >= 15 is 0 Å². The van der Waals surface area contributed by atoms with E-state index in [1.165, 1.54) is 20.3 Å². The maximum Gasteiger partial charge on any atom is 0.255 e. The van der Waals surface area contributed by atoms with Gasteiger partial charge in [0, 0.05) is 22.7 Å². The summed E-state index contributed by atoms with van der Waals surface area (Å²) in [5.41, 5.74) is 3.98. The Balaban J connectivity index is 1.71. The van der Waals surface area contributed by atoms with E-state index in [1.807, 2.05) is 37.3 Å². The van der Waals surface area contributed by atoms with Crippen molar-refractivity contribution in [1.29, 1.82) is 0 Å². The van der Waals surface area contributed by atoms with E-state index in [1.54, 1.807) is 24.4 Å². The molecule has 0 aliphatic carbocycles. The molecule has 0 aliphatic rings. The molecule has 0 aliphatic heterocycles. The molecule has 0 unspecified atom stereocenters. The quantitative estimate of drug-likeness (QED) is 0.381. The summed E-state index contributed by atoms with van der Waals surface area (Å²) >= 11 is 0. The Morgan fingerprint density at radius 2 is 1.88 bits per heavy atom. The van der Waals surface area contributed by atoms with Crippen LogP contribution >= 0.6 is 0 Å². The summed E-state index contributed by atoms with van der Waals surface area (Å²) < 4.78 is 24.8. The average molecular weight is 448 g/mol. The van der Waals surface area contributed by atoms with Gasteiger partial charge in [0.15, 0.2) is 11.6 Å². The van der Waals surface area contributed by atoms with Crippen LogP contribution in [0, 0.1) is 12.7 Å². The summed E-state index contributed by atoms with van der Waals surface area (Å²) in [7, 11) is 2.90. The lowest BCUT2D eigenvalue weighted by molar-refractivity contribution is 0.0913. The Kier molecular flexibility index (Phi) is 6.33. The Bertz CT molecular complexity index is 1320. The maximum atomic E-state index is 14.3. The van der Waals surface area contributed by atoms with Crippen LogP contribution in [0.15, 0.2) is 60.8 Å². The smallest absolute Gasteiger partial charge is 0.255 e.